The largest absolute Gasteiger partial charge is 0.492 e. The summed E-state index contributed by atoms with van der Waals surface area (Å²) in [5.41, 5.74) is 5.01. The highest BCUT2D eigenvalue weighted by Gasteiger charge is 2.17. The smallest absolute Gasteiger partial charge is 0.123 e. The second-order valence-electron chi connectivity index (χ2n) is 9.12. The van der Waals surface area contributed by atoms with E-state index in [9.17, 15) is 0 Å². The molecule has 0 radical (unpaired) electrons. The SMILES string of the molecule is CC(C)Oc1ccc(CN2CCOc3ccc(CN(C)CCc4ccccn4)cc3C2)cc1. The number of hydrogen-bond donors (Lipinski definition) is 0. The number of likely N-dealkylation sites (N-methyl/N-ethyl adjacent to an activating group) is 1. The van der Waals surface area contributed by atoms with Crippen LogP contribution in [-0.4, -0.2) is 47.6 Å². The first-order valence-corrected chi connectivity index (χ1v) is 11.9. The molecule has 0 saturated carbocycles. The van der Waals surface area contributed by atoms with Crippen molar-refractivity contribution in [3.8, 4) is 11.5 Å². The minimum Gasteiger partial charge on any atom is -0.492 e. The van der Waals surface area contributed by atoms with Crippen LogP contribution in [0.1, 0.15) is 36.2 Å². The first kappa shape index (κ1) is 23.3. The average Bonchev–Trinajstić information content (AvgIpc) is 3.00. The number of aromatic nitrogens is 1. The van der Waals surface area contributed by atoms with Gasteiger partial charge in [0, 0.05) is 56.6 Å². The van der Waals surface area contributed by atoms with Gasteiger partial charge in [0.15, 0.2) is 0 Å². The van der Waals surface area contributed by atoms with E-state index in [1.807, 2.05) is 18.3 Å². The highest BCUT2D eigenvalue weighted by Crippen LogP contribution is 2.26. The first-order valence-electron chi connectivity index (χ1n) is 11.9. The lowest BCUT2D eigenvalue weighted by Gasteiger charge is -2.21. The molecule has 0 amide bonds. The molecule has 5 nitrogen and oxygen atoms in total. The molecule has 0 atom stereocenters. The molecule has 3 aromatic rings. The molecule has 4 rings (SSSR count). The number of ether oxygens (including phenoxy) is 2. The summed E-state index contributed by atoms with van der Waals surface area (Å²) < 4.78 is 11.8. The van der Waals surface area contributed by atoms with Gasteiger partial charge in [-0.3, -0.25) is 9.88 Å². The third kappa shape index (κ3) is 7.04. The Kier molecular flexibility index (Phi) is 7.97. The van der Waals surface area contributed by atoms with Gasteiger partial charge in [-0.15, -0.1) is 0 Å². The van der Waals surface area contributed by atoms with E-state index in [0.717, 1.165) is 56.3 Å². The van der Waals surface area contributed by atoms with Crippen molar-refractivity contribution < 1.29 is 9.47 Å². The van der Waals surface area contributed by atoms with Crippen LogP contribution in [0.3, 0.4) is 0 Å². The van der Waals surface area contributed by atoms with E-state index in [0.29, 0.717) is 6.61 Å². The standard InChI is InChI=1S/C28H35N3O2/c1-22(2)33-27-10-7-23(8-11-27)20-31-16-17-32-28-12-9-24(18-25(28)21-31)19-30(3)15-13-26-6-4-5-14-29-26/h4-12,14,18,22H,13,15-17,19-21H2,1-3H3. The predicted molar refractivity (Wildman–Crippen MR) is 133 cm³/mol. The third-order valence-corrected chi connectivity index (χ3v) is 5.81. The molecule has 2 aromatic carbocycles. The van der Waals surface area contributed by atoms with Crippen molar-refractivity contribution in [2.24, 2.45) is 0 Å². The van der Waals surface area contributed by atoms with E-state index in [2.05, 4.69) is 84.2 Å². The number of hydrogen-bond acceptors (Lipinski definition) is 5. The van der Waals surface area contributed by atoms with E-state index in [1.165, 1.54) is 16.7 Å². The zero-order valence-electron chi connectivity index (χ0n) is 20.0. The van der Waals surface area contributed by atoms with Crippen LogP contribution in [0.25, 0.3) is 0 Å². The van der Waals surface area contributed by atoms with Crippen LogP contribution in [0.5, 0.6) is 11.5 Å². The Morgan fingerprint density at radius 2 is 1.88 bits per heavy atom. The van der Waals surface area contributed by atoms with Gasteiger partial charge in [0.05, 0.1) is 6.10 Å². The van der Waals surface area contributed by atoms with Crippen LogP contribution in [-0.2, 0) is 26.1 Å². The molecule has 1 aliphatic heterocycles. The monoisotopic (exact) mass is 445 g/mol. The Bertz CT molecular complexity index is 1010. The van der Waals surface area contributed by atoms with Gasteiger partial charge < -0.3 is 14.4 Å². The summed E-state index contributed by atoms with van der Waals surface area (Å²) in [4.78, 5) is 9.24. The fraction of sp³-hybridized carbons (Fsp3) is 0.393. The lowest BCUT2D eigenvalue weighted by molar-refractivity contribution is 0.219. The molecule has 0 bridgehead atoms. The van der Waals surface area contributed by atoms with Gasteiger partial charge in [0.1, 0.15) is 18.1 Å². The molecule has 0 fully saturated rings. The highest BCUT2D eigenvalue weighted by molar-refractivity contribution is 5.38. The number of pyridine rings is 1. The second-order valence-corrected chi connectivity index (χ2v) is 9.12. The molecule has 0 unspecified atom stereocenters. The van der Waals surface area contributed by atoms with Crippen LogP contribution in [0.4, 0.5) is 0 Å². The van der Waals surface area contributed by atoms with E-state index in [1.54, 1.807) is 0 Å². The molecule has 2 heterocycles. The molecule has 174 valence electrons. The Morgan fingerprint density at radius 3 is 2.64 bits per heavy atom. The van der Waals surface area contributed by atoms with Gasteiger partial charge in [-0.1, -0.05) is 24.3 Å². The number of benzene rings is 2. The van der Waals surface area contributed by atoms with Crippen molar-refractivity contribution in [2.45, 2.75) is 46.0 Å². The van der Waals surface area contributed by atoms with E-state index in [-0.39, 0.29) is 6.10 Å². The molecular weight excluding hydrogens is 410 g/mol. The normalized spacial score (nSPS) is 14.1. The maximum absolute atomic E-state index is 6.06. The van der Waals surface area contributed by atoms with Gasteiger partial charge in [-0.2, -0.15) is 0 Å². The maximum atomic E-state index is 6.06. The predicted octanol–water partition coefficient (Wildman–Crippen LogP) is 4.94. The van der Waals surface area contributed by atoms with Crippen LogP contribution in [0.2, 0.25) is 0 Å². The van der Waals surface area contributed by atoms with Gasteiger partial charge >= 0.3 is 0 Å². The second kappa shape index (κ2) is 11.3. The molecule has 0 spiro atoms. The maximum Gasteiger partial charge on any atom is 0.123 e. The van der Waals surface area contributed by atoms with Crippen molar-refractivity contribution in [1.29, 1.82) is 0 Å². The Hall–Kier alpha value is -2.89. The van der Waals surface area contributed by atoms with Crippen LogP contribution in [0, 0.1) is 0 Å². The molecule has 1 aliphatic rings. The van der Waals surface area contributed by atoms with E-state index in [4.69, 9.17) is 9.47 Å². The van der Waals surface area contributed by atoms with Crippen molar-refractivity contribution in [3.63, 3.8) is 0 Å². The quantitative estimate of drug-likeness (QED) is 0.467. The Labute approximate surface area is 198 Å². The van der Waals surface area contributed by atoms with Crippen molar-refractivity contribution in [3.05, 3.63) is 89.2 Å². The minimum atomic E-state index is 0.193. The van der Waals surface area contributed by atoms with Crippen LogP contribution < -0.4 is 9.47 Å². The Balaban J connectivity index is 1.35. The molecule has 0 saturated heterocycles. The molecule has 33 heavy (non-hydrogen) atoms. The summed E-state index contributed by atoms with van der Waals surface area (Å²) in [6, 6.07) is 21.2. The summed E-state index contributed by atoms with van der Waals surface area (Å²) in [7, 11) is 2.17. The number of fused-ring (bicyclic) bond motifs is 1. The summed E-state index contributed by atoms with van der Waals surface area (Å²) >= 11 is 0. The summed E-state index contributed by atoms with van der Waals surface area (Å²) in [6.07, 6.45) is 3.01. The van der Waals surface area contributed by atoms with Crippen LogP contribution >= 0.6 is 0 Å². The van der Waals surface area contributed by atoms with E-state index < -0.39 is 0 Å². The topological polar surface area (TPSA) is 37.8 Å². The molecule has 0 aliphatic carbocycles. The van der Waals surface area contributed by atoms with Gasteiger partial charge in [0.25, 0.3) is 0 Å². The fourth-order valence-electron chi connectivity index (χ4n) is 4.18. The number of nitrogens with zero attached hydrogens (tertiary/aromatic N) is 3. The molecular formula is C28H35N3O2. The number of rotatable bonds is 9. The highest BCUT2D eigenvalue weighted by atomic mass is 16.5. The minimum absolute atomic E-state index is 0.193. The molecule has 5 heteroatoms. The van der Waals surface area contributed by atoms with Gasteiger partial charge in [-0.05, 0) is 68.4 Å². The van der Waals surface area contributed by atoms with Gasteiger partial charge in [0.2, 0.25) is 0 Å². The average molecular weight is 446 g/mol. The molecule has 1 aromatic heterocycles. The lowest BCUT2D eigenvalue weighted by atomic mass is 10.1. The fourth-order valence-corrected chi connectivity index (χ4v) is 4.18. The zero-order chi connectivity index (χ0) is 23.0. The summed E-state index contributed by atoms with van der Waals surface area (Å²) in [5, 5.41) is 0. The van der Waals surface area contributed by atoms with Crippen molar-refractivity contribution in [1.82, 2.24) is 14.8 Å². The summed E-state index contributed by atoms with van der Waals surface area (Å²) in [5.74, 6) is 1.94. The van der Waals surface area contributed by atoms with Gasteiger partial charge in [-0.25, -0.2) is 0 Å². The zero-order valence-corrected chi connectivity index (χ0v) is 20.0. The van der Waals surface area contributed by atoms with Crippen molar-refractivity contribution >= 4 is 0 Å². The van der Waals surface area contributed by atoms with Crippen LogP contribution in [0.15, 0.2) is 66.9 Å². The van der Waals surface area contributed by atoms with E-state index >= 15 is 0 Å². The third-order valence-electron chi connectivity index (χ3n) is 5.81. The summed E-state index contributed by atoms with van der Waals surface area (Å²) in [6.45, 7) is 9.42. The Morgan fingerprint density at radius 1 is 1.06 bits per heavy atom. The molecule has 0 N–H and O–H groups in total. The lowest BCUT2D eigenvalue weighted by Crippen LogP contribution is -2.25. The first-order chi connectivity index (χ1) is 16.0. The van der Waals surface area contributed by atoms with Crippen molar-refractivity contribution in [2.75, 3.05) is 26.7 Å².